The molecule has 2 atom stereocenters. The van der Waals surface area contributed by atoms with E-state index in [1.165, 1.54) is 24.3 Å². The van der Waals surface area contributed by atoms with Crippen molar-refractivity contribution in [1.82, 2.24) is 5.32 Å². The molecule has 134 valence electrons. The van der Waals surface area contributed by atoms with Crippen LogP contribution in [0.3, 0.4) is 0 Å². The van der Waals surface area contributed by atoms with Gasteiger partial charge >= 0.3 is 0 Å². The molecule has 1 saturated heterocycles. The van der Waals surface area contributed by atoms with Crippen LogP contribution in [0.5, 0.6) is 5.75 Å². The first-order valence-corrected chi connectivity index (χ1v) is 11.0. The predicted molar refractivity (Wildman–Crippen MR) is 97.2 cm³/mol. The van der Waals surface area contributed by atoms with E-state index in [1.807, 2.05) is 0 Å². The number of hydrogen-bond donors (Lipinski definition) is 2. The Hall–Kier alpha value is -1.70. The Morgan fingerprint density at radius 1 is 1.20 bits per heavy atom. The molecule has 1 aliphatic heterocycles. The van der Waals surface area contributed by atoms with E-state index < -0.39 is 20.6 Å². The van der Waals surface area contributed by atoms with E-state index in [0.717, 1.165) is 25.1 Å². The lowest BCUT2D eigenvalue weighted by Gasteiger charge is -2.13. The van der Waals surface area contributed by atoms with Gasteiger partial charge in [-0.25, -0.2) is 8.42 Å². The summed E-state index contributed by atoms with van der Waals surface area (Å²) in [5.41, 5.74) is 0.768. The number of phenolic OH excluding ortho intramolecular Hbond substituents is 1. The minimum absolute atomic E-state index is 0.00284. The van der Waals surface area contributed by atoms with Crippen molar-refractivity contribution in [3.05, 3.63) is 48.0 Å². The third-order valence-corrected chi connectivity index (χ3v) is 7.51. The van der Waals surface area contributed by atoms with Crippen LogP contribution in [0.15, 0.2) is 57.2 Å². The molecule has 2 aromatic carbocycles. The van der Waals surface area contributed by atoms with E-state index in [-0.39, 0.29) is 21.5 Å². The summed E-state index contributed by atoms with van der Waals surface area (Å²) < 4.78 is 37.7. The Kier molecular flexibility index (Phi) is 5.27. The first kappa shape index (κ1) is 18.1. The van der Waals surface area contributed by atoms with Gasteiger partial charge in [-0.15, -0.1) is 0 Å². The third-order valence-electron chi connectivity index (χ3n) is 4.45. The molecule has 2 unspecified atom stereocenters. The van der Waals surface area contributed by atoms with Gasteiger partial charge in [-0.2, -0.15) is 0 Å². The number of benzene rings is 2. The van der Waals surface area contributed by atoms with Crippen LogP contribution in [-0.4, -0.2) is 36.6 Å². The molecule has 0 aliphatic carbocycles. The van der Waals surface area contributed by atoms with Crippen LogP contribution in [-0.2, 0) is 20.6 Å². The molecule has 25 heavy (non-hydrogen) atoms. The van der Waals surface area contributed by atoms with Crippen molar-refractivity contribution < 1.29 is 17.7 Å². The highest BCUT2D eigenvalue weighted by atomic mass is 32.2. The summed E-state index contributed by atoms with van der Waals surface area (Å²) in [6, 6.07) is 10.7. The predicted octanol–water partition coefficient (Wildman–Crippen LogP) is 2.43. The van der Waals surface area contributed by atoms with Crippen LogP contribution in [0.2, 0.25) is 0 Å². The molecule has 0 amide bonds. The molecule has 1 heterocycles. The number of phenols is 1. The molecule has 0 radical (unpaired) electrons. The second kappa shape index (κ2) is 7.27. The number of nitrogens with one attached hydrogen (secondary N) is 1. The molecule has 2 N–H and O–H groups in total. The van der Waals surface area contributed by atoms with Crippen molar-refractivity contribution in [2.24, 2.45) is 0 Å². The molecule has 2 aromatic rings. The van der Waals surface area contributed by atoms with Gasteiger partial charge in [-0.3, -0.25) is 4.21 Å². The Morgan fingerprint density at radius 2 is 1.96 bits per heavy atom. The maximum atomic E-state index is 12.9. The van der Waals surface area contributed by atoms with E-state index in [9.17, 15) is 17.7 Å². The fourth-order valence-electron chi connectivity index (χ4n) is 3.04. The van der Waals surface area contributed by atoms with E-state index in [2.05, 4.69) is 5.32 Å². The van der Waals surface area contributed by atoms with Crippen molar-refractivity contribution in [3.8, 4) is 5.75 Å². The lowest BCUT2D eigenvalue weighted by molar-refractivity contribution is 0.460. The van der Waals surface area contributed by atoms with E-state index in [1.54, 1.807) is 25.1 Å². The van der Waals surface area contributed by atoms with Crippen molar-refractivity contribution in [2.75, 3.05) is 18.8 Å². The van der Waals surface area contributed by atoms with Crippen molar-refractivity contribution >= 4 is 20.6 Å². The highest BCUT2D eigenvalue weighted by Crippen LogP contribution is 2.33. The monoisotopic (exact) mass is 379 g/mol. The zero-order valence-electron chi connectivity index (χ0n) is 13.9. The molecule has 0 spiro atoms. The van der Waals surface area contributed by atoms with Gasteiger partial charge in [0.2, 0.25) is 9.84 Å². The fourth-order valence-corrected chi connectivity index (χ4v) is 5.26. The highest BCUT2D eigenvalue weighted by molar-refractivity contribution is 7.91. The number of rotatable bonds is 5. The zero-order valence-corrected chi connectivity index (χ0v) is 15.6. The lowest BCUT2D eigenvalue weighted by Crippen LogP contribution is -2.08. The van der Waals surface area contributed by atoms with E-state index in [4.69, 9.17) is 0 Å². The van der Waals surface area contributed by atoms with Crippen molar-refractivity contribution in [3.63, 3.8) is 0 Å². The van der Waals surface area contributed by atoms with Gasteiger partial charge in [0.25, 0.3) is 0 Å². The van der Waals surface area contributed by atoms with Crippen LogP contribution >= 0.6 is 0 Å². The smallest absolute Gasteiger partial charge is 0.206 e. The van der Waals surface area contributed by atoms with Crippen LogP contribution in [0.25, 0.3) is 0 Å². The van der Waals surface area contributed by atoms with E-state index >= 15 is 0 Å². The van der Waals surface area contributed by atoms with Gasteiger partial charge in [-0.05, 0) is 48.9 Å². The van der Waals surface area contributed by atoms with Crippen LogP contribution in [0, 0.1) is 0 Å². The maximum Gasteiger partial charge on any atom is 0.206 e. The van der Waals surface area contributed by atoms with E-state index in [0.29, 0.717) is 10.6 Å². The zero-order chi connectivity index (χ0) is 18.0. The largest absolute Gasteiger partial charge is 0.508 e. The number of hydrogen-bond acceptors (Lipinski definition) is 5. The lowest BCUT2D eigenvalue weighted by atomic mass is 9.98. The minimum atomic E-state index is -3.78. The first-order valence-electron chi connectivity index (χ1n) is 8.20. The molecular weight excluding hydrogens is 358 g/mol. The molecule has 5 nitrogen and oxygen atoms in total. The molecular formula is C18H21NO4S2. The van der Waals surface area contributed by atoms with Crippen LogP contribution < -0.4 is 5.32 Å². The normalized spacial score (nSPS) is 19.0. The molecule has 0 bridgehead atoms. The second-order valence-corrected chi connectivity index (χ2v) is 9.71. The summed E-state index contributed by atoms with van der Waals surface area (Å²) in [7, 11) is -5.00. The molecule has 3 rings (SSSR count). The van der Waals surface area contributed by atoms with Crippen LogP contribution in [0.1, 0.15) is 24.8 Å². The molecule has 0 saturated carbocycles. The third kappa shape index (κ3) is 3.63. The Balaban J connectivity index is 1.97. The van der Waals surface area contributed by atoms with Gasteiger partial charge in [0.1, 0.15) is 5.75 Å². The summed E-state index contributed by atoms with van der Waals surface area (Å²) >= 11 is 0. The minimum Gasteiger partial charge on any atom is -0.508 e. The summed E-state index contributed by atoms with van der Waals surface area (Å²) in [5.74, 6) is 0.629. The SMILES string of the molecule is CCS(=O)c1cccc(S(=O)(=O)c2ccc(C3CCNC3)c(O)c2)c1. The Bertz CT molecular complexity index is 903. The van der Waals surface area contributed by atoms with Crippen molar-refractivity contribution in [2.45, 2.75) is 33.9 Å². The Labute approximate surface area is 150 Å². The average Bonchev–Trinajstić information content (AvgIpc) is 3.15. The molecule has 7 heteroatoms. The summed E-state index contributed by atoms with van der Waals surface area (Å²) in [6.07, 6.45) is 0.921. The second-order valence-electron chi connectivity index (χ2n) is 6.02. The summed E-state index contributed by atoms with van der Waals surface area (Å²) in [5, 5.41) is 13.5. The topological polar surface area (TPSA) is 83.5 Å². The average molecular weight is 380 g/mol. The van der Waals surface area contributed by atoms with Crippen LogP contribution in [0.4, 0.5) is 0 Å². The highest BCUT2D eigenvalue weighted by Gasteiger charge is 2.24. The molecule has 0 aromatic heterocycles. The fraction of sp³-hybridized carbons (Fsp3) is 0.333. The first-order chi connectivity index (χ1) is 11.9. The van der Waals surface area contributed by atoms with Gasteiger partial charge in [0, 0.05) is 23.1 Å². The number of aromatic hydroxyl groups is 1. The van der Waals surface area contributed by atoms with Gasteiger partial charge in [-0.1, -0.05) is 19.1 Å². The van der Waals surface area contributed by atoms with Crippen molar-refractivity contribution in [1.29, 1.82) is 0 Å². The maximum absolute atomic E-state index is 12.9. The molecule has 1 aliphatic rings. The van der Waals surface area contributed by atoms with Gasteiger partial charge in [0.15, 0.2) is 0 Å². The Morgan fingerprint density at radius 3 is 2.60 bits per heavy atom. The van der Waals surface area contributed by atoms with Gasteiger partial charge in [0.05, 0.1) is 20.6 Å². The van der Waals surface area contributed by atoms with Gasteiger partial charge < -0.3 is 10.4 Å². The quantitative estimate of drug-likeness (QED) is 0.834. The summed E-state index contributed by atoms with van der Waals surface area (Å²) in [4.78, 5) is 0.613. The summed E-state index contributed by atoms with van der Waals surface area (Å²) in [6.45, 7) is 3.46. The number of sulfone groups is 1. The standard InChI is InChI=1S/C18H21NO4S2/c1-2-24(21)14-4-3-5-15(10-14)25(22,23)16-6-7-17(18(20)11-16)13-8-9-19-12-13/h3-7,10-11,13,19-20H,2,8-9,12H2,1H3. The molecule has 1 fully saturated rings.